The van der Waals surface area contributed by atoms with Crippen LogP contribution in [-0.2, 0) is 4.79 Å². The molecule has 2 aliphatic rings. The quantitative estimate of drug-likeness (QED) is 0.622. The fourth-order valence-electron chi connectivity index (χ4n) is 4.41. The Hall–Kier alpha value is -2.59. The number of imidazole rings is 1. The van der Waals surface area contributed by atoms with Gasteiger partial charge in [0.25, 0.3) is 0 Å². The van der Waals surface area contributed by atoms with Crippen LogP contribution in [-0.4, -0.2) is 15.3 Å². The lowest BCUT2D eigenvalue weighted by Gasteiger charge is -2.39. The van der Waals surface area contributed by atoms with E-state index in [4.69, 9.17) is 16.6 Å². The number of nitrogens with one attached hydrogen (secondary N) is 1. The summed E-state index contributed by atoms with van der Waals surface area (Å²) in [6, 6.07) is 15.6. The Labute approximate surface area is 162 Å². The molecular weight excluding hydrogens is 358 g/mol. The number of rotatable bonds is 1. The predicted octanol–water partition coefficient (Wildman–Crippen LogP) is 5.35. The number of benzene rings is 2. The molecule has 0 radical (unpaired) electrons. The van der Waals surface area contributed by atoms with Crippen LogP contribution in [0.25, 0.3) is 11.0 Å². The van der Waals surface area contributed by atoms with E-state index in [2.05, 4.69) is 23.7 Å². The minimum Gasteiger partial charge on any atom is -0.329 e. The summed E-state index contributed by atoms with van der Waals surface area (Å²) in [5.74, 6) is 0.979. The molecular formula is C22H20ClN3O. The number of hydrogen-bond acceptors (Lipinski definition) is 3. The summed E-state index contributed by atoms with van der Waals surface area (Å²) >= 11 is 6.30. The van der Waals surface area contributed by atoms with E-state index >= 15 is 0 Å². The fourth-order valence-corrected chi connectivity index (χ4v) is 4.61. The van der Waals surface area contributed by atoms with Crippen molar-refractivity contribution in [2.24, 2.45) is 5.41 Å². The second-order valence-electron chi connectivity index (χ2n) is 8.21. The Balaban J connectivity index is 1.80. The van der Waals surface area contributed by atoms with Gasteiger partial charge in [-0.05, 0) is 41.7 Å². The van der Waals surface area contributed by atoms with Gasteiger partial charge in [-0.1, -0.05) is 49.7 Å². The summed E-state index contributed by atoms with van der Waals surface area (Å²) in [7, 11) is 0. The van der Waals surface area contributed by atoms with Crippen LogP contribution in [0.2, 0.25) is 5.02 Å². The first-order chi connectivity index (χ1) is 12.9. The molecule has 1 aliphatic carbocycles. The van der Waals surface area contributed by atoms with Crippen molar-refractivity contribution in [3.63, 3.8) is 0 Å². The Kier molecular flexibility index (Phi) is 3.50. The van der Waals surface area contributed by atoms with Gasteiger partial charge in [0.15, 0.2) is 5.78 Å². The number of nitrogens with zero attached hydrogens (tertiary/aromatic N) is 2. The highest BCUT2D eigenvalue weighted by atomic mass is 35.5. The summed E-state index contributed by atoms with van der Waals surface area (Å²) in [6.45, 7) is 4.28. The van der Waals surface area contributed by atoms with Gasteiger partial charge in [-0.15, -0.1) is 0 Å². The van der Waals surface area contributed by atoms with Crippen LogP contribution in [0.5, 0.6) is 0 Å². The lowest BCUT2D eigenvalue weighted by Crippen LogP contribution is -2.36. The van der Waals surface area contributed by atoms with E-state index in [1.807, 2.05) is 48.5 Å². The van der Waals surface area contributed by atoms with Crippen LogP contribution in [0.3, 0.4) is 0 Å². The summed E-state index contributed by atoms with van der Waals surface area (Å²) in [5.41, 5.74) is 4.70. The van der Waals surface area contributed by atoms with E-state index in [9.17, 15) is 4.79 Å². The van der Waals surface area contributed by atoms with Crippen LogP contribution in [0.15, 0.2) is 59.8 Å². The second kappa shape index (κ2) is 5.70. The number of aromatic nitrogens is 2. The van der Waals surface area contributed by atoms with Crippen LogP contribution >= 0.6 is 11.6 Å². The molecule has 0 saturated heterocycles. The second-order valence-corrected chi connectivity index (χ2v) is 8.65. The first-order valence-corrected chi connectivity index (χ1v) is 9.56. The molecule has 0 saturated carbocycles. The van der Waals surface area contributed by atoms with Crippen molar-refractivity contribution in [2.75, 3.05) is 5.32 Å². The Morgan fingerprint density at radius 2 is 1.96 bits per heavy atom. The van der Waals surface area contributed by atoms with Crippen molar-refractivity contribution < 1.29 is 4.79 Å². The molecule has 27 heavy (non-hydrogen) atoms. The largest absolute Gasteiger partial charge is 0.329 e. The Morgan fingerprint density at radius 1 is 1.15 bits per heavy atom. The highest BCUT2D eigenvalue weighted by molar-refractivity contribution is 6.30. The molecule has 1 aromatic heterocycles. The van der Waals surface area contributed by atoms with Crippen LogP contribution < -0.4 is 5.32 Å². The maximum atomic E-state index is 13.2. The molecule has 1 unspecified atom stereocenters. The van der Waals surface area contributed by atoms with Gasteiger partial charge < -0.3 is 5.32 Å². The van der Waals surface area contributed by atoms with Crippen molar-refractivity contribution in [2.45, 2.75) is 32.7 Å². The highest BCUT2D eigenvalue weighted by Gasteiger charge is 2.41. The third-order valence-electron chi connectivity index (χ3n) is 5.47. The highest BCUT2D eigenvalue weighted by Crippen LogP contribution is 2.47. The number of carbonyl (C=O) groups excluding carboxylic acids is 1. The van der Waals surface area contributed by atoms with Gasteiger partial charge in [0, 0.05) is 22.7 Å². The zero-order valence-electron chi connectivity index (χ0n) is 15.3. The number of allylic oxidation sites excluding steroid dienone is 2. The van der Waals surface area contributed by atoms with Gasteiger partial charge in [0.05, 0.1) is 17.1 Å². The van der Waals surface area contributed by atoms with Gasteiger partial charge in [-0.25, -0.2) is 4.98 Å². The standard InChI is InChI=1S/C22H20ClN3O/c1-22(2)11-16-19(18(27)12-22)20(13-6-5-7-14(23)10-13)26-17-9-4-3-8-15(17)24-21(26)25-16/h3-10,20H,11-12H2,1-2H3,(H,24,25). The smallest absolute Gasteiger partial charge is 0.209 e. The minimum absolute atomic E-state index is 0.0595. The molecule has 2 heterocycles. The number of ketones is 1. The summed E-state index contributed by atoms with van der Waals surface area (Å²) in [6.07, 6.45) is 1.38. The molecule has 1 aliphatic heterocycles. The number of para-hydroxylation sites is 2. The number of Topliss-reactive ketones (excluding diaryl/α,β-unsaturated/α-hetero) is 1. The SMILES string of the molecule is CC1(C)CC(=O)C2=C(C1)Nc1nc3ccccc3n1C2c1cccc(Cl)c1. The molecule has 0 spiro atoms. The number of anilines is 1. The van der Waals surface area contributed by atoms with Crippen molar-refractivity contribution in [3.05, 3.63) is 70.4 Å². The van der Waals surface area contributed by atoms with Gasteiger partial charge in [-0.2, -0.15) is 0 Å². The minimum atomic E-state index is -0.217. The number of hydrogen-bond donors (Lipinski definition) is 1. The summed E-state index contributed by atoms with van der Waals surface area (Å²) in [5, 5.41) is 4.14. The maximum Gasteiger partial charge on any atom is 0.209 e. The zero-order chi connectivity index (χ0) is 18.8. The van der Waals surface area contributed by atoms with E-state index in [0.29, 0.717) is 11.4 Å². The summed E-state index contributed by atoms with van der Waals surface area (Å²) in [4.78, 5) is 18.0. The number of carbonyl (C=O) groups is 1. The molecule has 136 valence electrons. The lowest BCUT2D eigenvalue weighted by molar-refractivity contribution is -0.118. The summed E-state index contributed by atoms with van der Waals surface area (Å²) < 4.78 is 2.13. The molecule has 0 bridgehead atoms. The molecule has 1 atom stereocenters. The molecule has 5 heteroatoms. The number of halogens is 1. The van der Waals surface area contributed by atoms with Crippen LogP contribution in [0, 0.1) is 5.41 Å². The third kappa shape index (κ3) is 2.59. The molecule has 5 rings (SSSR count). The van der Waals surface area contributed by atoms with Crippen molar-refractivity contribution in [3.8, 4) is 0 Å². The van der Waals surface area contributed by atoms with E-state index < -0.39 is 0 Å². The topological polar surface area (TPSA) is 46.9 Å². The monoisotopic (exact) mass is 377 g/mol. The molecule has 0 fully saturated rings. The fraction of sp³-hybridized carbons (Fsp3) is 0.273. The van der Waals surface area contributed by atoms with Crippen molar-refractivity contribution in [1.82, 2.24) is 9.55 Å². The van der Waals surface area contributed by atoms with Gasteiger partial charge in [0.1, 0.15) is 0 Å². The molecule has 2 aromatic carbocycles. The third-order valence-corrected chi connectivity index (χ3v) is 5.71. The van der Waals surface area contributed by atoms with Gasteiger partial charge in [-0.3, -0.25) is 9.36 Å². The molecule has 3 aromatic rings. The molecule has 1 N–H and O–H groups in total. The maximum absolute atomic E-state index is 13.2. The molecule has 4 nitrogen and oxygen atoms in total. The number of fused-ring (bicyclic) bond motifs is 3. The van der Waals surface area contributed by atoms with Gasteiger partial charge in [0.2, 0.25) is 5.95 Å². The van der Waals surface area contributed by atoms with E-state index in [1.54, 1.807) is 0 Å². The van der Waals surface area contributed by atoms with E-state index in [-0.39, 0.29) is 17.2 Å². The zero-order valence-corrected chi connectivity index (χ0v) is 16.0. The van der Waals surface area contributed by atoms with Crippen molar-refractivity contribution in [1.29, 1.82) is 0 Å². The first kappa shape index (κ1) is 16.6. The van der Waals surface area contributed by atoms with Gasteiger partial charge >= 0.3 is 0 Å². The van der Waals surface area contributed by atoms with Crippen LogP contribution in [0.1, 0.15) is 38.3 Å². The Morgan fingerprint density at radius 3 is 2.78 bits per heavy atom. The predicted molar refractivity (Wildman–Crippen MR) is 108 cm³/mol. The van der Waals surface area contributed by atoms with E-state index in [0.717, 1.165) is 40.2 Å². The average molecular weight is 378 g/mol. The normalized spacial score (nSPS) is 21.0. The average Bonchev–Trinajstić information content (AvgIpc) is 2.96. The van der Waals surface area contributed by atoms with Crippen LogP contribution in [0.4, 0.5) is 5.95 Å². The first-order valence-electron chi connectivity index (χ1n) is 9.19. The molecule has 0 amide bonds. The Bertz CT molecular complexity index is 1130. The van der Waals surface area contributed by atoms with Crippen molar-refractivity contribution >= 4 is 34.4 Å². The lowest BCUT2D eigenvalue weighted by atomic mass is 9.73. The van der Waals surface area contributed by atoms with E-state index in [1.165, 1.54) is 0 Å².